The standard InChI is InChI=1S/C23H26BrN5O3/c1-23(2,3)32-22(31)28-12-9-14(10-13-28)17-8-11-26-19-18(17)27-29(20(19)21(25)30)16-6-4-15(24)5-7-16/h4-8,11,14H,9-10,12-13H2,1-3H3,(H2,25,30). The molecule has 0 bridgehead atoms. The van der Waals surface area contributed by atoms with Crippen LogP contribution in [-0.4, -0.2) is 50.4 Å². The summed E-state index contributed by atoms with van der Waals surface area (Å²) >= 11 is 3.42. The minimum absolute atomic E-state index is 0.188. The van der Waals surface area contributed by atoms with Gasteiger partial charge in [0.05, 0.1) is 5.69 Å². The number of benzene rings is 1. The Morgan fingerprint density at radius 1 is 1.09 bits per heavy atom. The average molecular weight is 500 g/mol. The summed E-state index contributed by atoms with van der Waals surface area (Å²) in [4.78, 5) is 30.9. The molecule has 3 heterocycles. The first kappa shape index (κ1) is 22.3. The molecule has 32 heavy (non-hydrogen) atoms. The van der Waals surface area contributed by atoms with E-state index in [1.807, 2.05) is 51.1 Å². The molecule has 1 aliphatic rings. The van der Waals surface area contributed by atoms with Crippen molar-refractivity contribution in [1.29, 1.82) is 0 Å². The predicted molar refractivity (Wildman–Crippen MR) is 125 cm³/mol. The van der Waals surface area contributed by atoms with Gasteiger partial charge in [-0.25, -0.2) is 9.48 Å². The van der Waals surface area contributed by atoms with E-state index in [0.29, 0.717) is 24.1 Å². The number of nitrogens with zero attached hydrogens (tertiary/aromatic N) is 4. The quantitative estimate of drug-likeness (QED) is 0.575. The van der Waals surface area contributed by atoms with Gasteiger partial charge in [0.15, 0.2) is 5.69 Å². The van der Waals surface area contributed by atoms with Crippen LogP contribution in [0.25, 0.3) is 16.7 Å². The minimum atomic E-state index is -0.584. The SMILES string of the molecule is CC(C)(C)OC(=O)N1CCC(c2ccnc3c(C(N)=O)n(-c4ccc(Br)cc4)nc23)CC1. The van der Waals surface area contributed by atoms with Crippen molar-refractivity contribution in [3.8, 4) is 5.69 Å². The van der Waals surface area contributed by atoms with Gasteiger partial charge in [0.1, 0.15) is 16.6 Å². The molecule has 8 nitrogen and oxygen atoms in total. The van der Waals surface area contributed by atoms with Crippen LogP contribution in [0.5, 0.6) is 0 Å². The van der Waals surface area contributed by atoms with Gasteiger partial charge in [-0.1, -0.05) is 15.9 Å². The Morgan fingerprint density at radius 3 is 2.34 bits per heavy atom. The second kappa shape index (κ2) is 8.54. The Labute approximate surface area is 194 Å². The Balaban J connectivity index is 1.65. The Morgan fingerprint density at radius 2 is 1.75 bits per heavy atom. The topological polar surface area (TPSA) is 103 Å². The maximum absolute atomic E-state index is 12.4. The zero-order valence-electron chi connectivity index (χ0n) is 18.3. The van der Waals surface area contributed by atoms with Crippen molar-refractivity contribution >= 4 is 39.0 Å². The second-order valence-electron chi connectivity index (χ2n) is 8.94. The number of carbonyl (C=O) groups excluding carboxylic acids is 2. The fourth-order valence-electron chi connectivity index (χ4n) is 4.02. The summed E-state index contributed by atoms with van der Waals surface area (Å²) in [5.41, 5.74) is 8.36. The van der Waals surface area contributed by atoms with Crippen LogP contribution < -0.4 is 5.73 Å². The van der Waals surface area contributed by atoms with Crippen molar-refractivity contribution in [3.63, 3.8) is 0 Å². The fourth-order valence-corrected chi connectivity index (χ4v) is 4.28. The first-order chi connectivity index (χ1) is 15.1. The van der Waals surface area contributed by atoms with Gasteiger partial charge in [-0.3, -0.25) is 9.78 Å². The molecule has 0 unspecified atom stereocenters. The highest BCUT2D eigenvalue weighted by molar-refractivity contribution is 9.10. The lowest BCUT2D eigenvalue weighted by atomic mass is 9.89. The van der Waals surface area contributed by atoms with Gasteiger partial charge < -0.3 is 15.4 Å². The van der Waals surface area contributed by atoms with E-state index < -0.39 is 11.5 Å². The summed E-state index contributed by atoms with van der Waals surface area (Å²) < 4.78 is 7.98. The van der Waals surface area contributed by atoms with Crippen LogP contribution in [0.3, 0.4) is 0 Å². The molecule has 3 aromatic rings. The third-order valence-corrected chi connectivity index (χ3v) is 6.01. The third-order valence-electron chi connectivity index (χ3n) is 5.48. The van der Waals surface area contributed by atoms with E-state index in [9.17, 15) is 9.59 Å². The zero-order chi connectivity index (χ0) is 23.0. The molecular formula is C23H26BrN5O3. The van der Waals surface area contributed by atoms with E-state index in [1.165, 1.54) is 0 Å². The van der Waals surface area contributed by atoms with Crippen molar-refractivity contribution in [2.75, 3.05) is 13.1 Å². The van der Waals surface area contributed by atoms with Crippen LogP contribution >= 0.6 is 15.9 Å². The summed E-state index contributed by atoms with van der Waals surface area (Å²) in [5, 5.41) is 4.74. The lowest BCUT2D eigenvalue weighted by molar-refractivity contribution is 0.0205. The molecule has 0 spiro atoms. The normalized spacial score (nSPS) is 15.2. The van der Waals surface area contributed by atoms with E-state index in [4.69, 9.17) is 15.6 Å². The maximum atomic E-state index is 12.4. The largest absolute Gasteiger partial charge is 0.444 e. The highest BCUT2D eigenvalue weighted by Crippen LogP contribution is 2.34. The van der Waals surface area contributed by atoms with Crippen LogP contribution in [0.15, 0.2) is 41.0 Å². The van der Waals surface area contributed by atoms with E-state index in [2.05, 4.69) is 20.9 Å². The Hall–Kier alpha value is -2.94. The van der Waals surface area contributed by atoms with Crippen LogP contribution in [0.4, 0.5) is 4.79 Å². The maximum Gasteiger partial charge on any atom is 0.410 e. The fraction of sp³-hybridized carbons (Fsp3) is 0.391. The molecule has 1 aliphatic heterocycles. The molecular weight excluding hydrogens is 474 g/mol. The number of carbonyl (C=O) groups is 2. The Bertz CT molecular complexity index is 1160. The van der Waals surface area contributed by atoms with Gasteiger partial charge in [-0.05, 0) is 75.4 Å². The average Bonchev–Trinajstić information content (AvgIpc) is 3.13. The van der Waals surface area contributed by atoms with Crippen LogP contribution in [0.2, 0.25) is 0 Å². The van der Waals surface area contributed by atoms with E-state index >= 15 is 0 Å². The number of primary amides is 1. The van der Waals surface area contributed by atoms with Gasteiger partial charge >= 0.3 is 6.09 Å². The molecule has 0 aliphatic carbocycles. The number of fused-ring (bicyclic) bond motifs is 1. The highest BCUT2D eigenvalue weighted by Gasteiger charge is 2.30. The lowest BCUT2D eigenvalue weighted by Gasteiger charge is -2.33. The third kappa shape index (κ3) is 4.48. The summed E-state index contributed by atoms with van der Waals surface area (Å²) in [7, 11) is 0. The summed E-state index contributed by atoms with van der Waals surface area (Å²) in [6.45, 7) is 6.79. The van der Waals surface area contributed by atoms with Crippen molar-refractivity contribution in [1.82, 2.24) is 19.7 Å². The van der Waals surface area contributed by atoms with E-state index in [-0.39, 0.29) is 17.7 Å². The Kier molecular flexibility index (Phi) is 5.94. The number of hydrogen-bond donors (Lipinski definition) is 1. The van der Waals surface area contributed by atoms with Gasteiger partial charge in [-0.2, -0.15) is 5.10 Å². The number of amides is 2. The summed E-state index contributed by atoms with van der Waals surface area (Å²) in [6, 6.07) is 9.43. The van der Waals surface area contributed by atoms with E-state index in [1.54, 1.807) is 15.8 Å². The highest BCUT2D eigenvalue weighted by atomic mass is 79.9. The molecule has 0 saturated carbocycles. The van der Waals surface area contributed by atoms with E-state index in [0.717, 1.165) is 28.6 Å². The number of nitrogens with two attached hydrogens (primary N) is 1. The zero-order valence-corrected chi connectivity index (χ0v) is 19.9. The number of halogens is 1. The summed E-state index contributed by atoms with van der Waals surface area (Å²) in [5.74, 6) is -0.395. The number of ether oxygens (including phenoxy) is 1. The predicted octanol–water partition coefficient (Wildman–Crippen LogP) is 4.40. The first-order valence-corrected chi connectivity index (χ1v) is 11.3. The molecule has 1 saturated heterocycles. The molecule has 4 rings (SSSR count). The lowest BCUT2D eigenvalue weighted by Crippen LogP contribution is -2.41. The molecule has 2 aromatic heterocycles. The number of pyridine rings is 1. The summed E-state index contributed by atoms with van der Waals surface area (Å²) in [6.07, 6.45) is 2.95. The molecule has 168 valence electrons. The van der Waals surface area contributed by atoms with Crippen molar-refractivity contribution in [2.45, 2.75) is 45.1 Å². The van der Waals surface area contributed by atoms with Gasteiger partial charge in [0.2, 0.25) is 0 Å². The molecule has 1 fully saturated rings. The van der Waals surface area contributed by atoms with Crippen molar-refractivity contribution in [3.05, 3.63) is 52.3 Å². The van der Waals surface area contributed by atoms with Gasteiger partial charge in [0.25, 0.3) is 5.91 Å². The van der Waals surface area contributed by atoms with Crippen LogP contribution in [-0.2, 0) is 4.74 Å². The number of rotatable bonds is 3. The molecule has 0 atom stereocenters. The number of likely N-dealkylation sites (tertiary alicyclic amines) is 1. The monoisotopic (exact) mass is 499 g/mol. The minimum Gasteiger partial charge on any atom is -0.444 e. The molecule has 9 heteroatoms. The van der Waals surface area contributed by atoms with Gasteiger partial charge in [-0.15, -0.1) is 0 Å². The number of aromatic nitrogens is 3. The van der Waals surface area contributed by atoms with Gasteiger partial charge in [0, 0.05) is 23.8 Å². The smallest absolute Gasteiger partial charge is 0.410 e. The van der Waals surface area contributed by atoms with Crippen molar-refractivity contribution < 1.29 is 14.3 Å². The van der Waals surface area contributed by atoms with Crippen LogP contribution in [0.1, 0.15) is 55.6 Å². The molecule has 2 amide bonds. The number of piperidine rings is 1. The molecule has 2 N–H and O–H groups in total. The second-order valence-corrected chi connectivity index (χ2v) is 9.86. The van der Waals surface area contributed by atoms with Crippen LogP contribution in [0, 0.1) is 0 Å². The molecule has 0 radical (unpaired) electrons. The number of hydrogen-bond acceptors (Lipinski definition) is 5. The first-order valence-electron chi connectivity index (χ1n) is 10.6. The van der Waals surface area contributed by atoms with Crippen molar-refractivity contribution in [2.24, 2.45) is 5.73 Å². The molecule has 1 aromatic carbocycles.